The molecule has 0 aliphatic carbocycles. The fraction of sp³-hybridized carbons (Fsp3) is 0.333. The van der Waals surface area contributed by atoms with Crippen LogP contribution in [0.5, 0.6) is 0 Å². The van der Waals surface area contributed by atoms with Gasteiger partial charge in [-0.3, -0.25) is 0 Å². The molecule has 0 bridgehead atoms. The molecule has 0 amide bonds. The van der Waals surface area contributed by atoms with Gasteiger partial charge in [-0.15, -0.1) is 3.89 Å². The molecule has 0 saturated carbocycles. The largest absolute Gasteiger partial charge is 0.416 e. The van der Waals surface area contributed by atoms with Crippen molar-refractivity contribution in [3.05, 3.63) is 35.1 Å². The summed E-state index contributed by atoms with van der Waals surface area (Å²) >= 11 is 0. The number of benzene rings is 1. The average Bonchev–Trinajstić information content (AvgIpc) is 2.12. The summed E-state index contributed by atoms with van der Waals surface area (Å²) in [5, 5.41) is 0. The highest BCUT2D eigenvalue weighted by Gasteiger charge is 2.31. The van der Waals surface area contributed by atoms with E-state index in [1.807, 2.05) is 0 Å². The zero-order chi connectivity index (χ0) is 13.3. The Kier molecular flexibility index (Phi) is 3.75. The quantitative estimate of drug-likeness (QED) is 0.627. The van der Waals surface area contributed by atoms with Crippen LogP contribution in [0.2, 0.25) is 0 Å². The Bertz CT molecular complexity index is 507. The van der Waals surface area contributed by atoms with Gasteiger partial charge in [0, 0.05) is 0 Å². The molecule has 0 heterocycles. The molecule has 8 heteroatoms. The average molecular weight is 274 g/mol. The first-order valence-corrected chi connectivity index (χ1v) is 5.93. The predicted molar refractivity (Wildman–Crippen MR) is 50.0 cm³/mol. The molecule has 0 radical (unpaired) electrons. The molecule has 0 atom stereocenters. The van der Waals surface area contributed by atoms with E-state index in [4.69, 9.17) is 0 Å². The predicted octanol–water partition coefficient (Wildman–Crippen LogP) is 2.69. The van der Waals surface area contributed by atoms with Gasteiger partial charge in [-0.05, 0) is 24.1 Å². The Morgan fingerprint density at radius 2 is 1.76 bits per heavy atom. The van der Waals surface area contributed by atoms with E-state index in [0.29, 0.717) is 6.07 Å². The SMILES string of the molecule is O=S(=O)(F)CCc1ccc(C(F)(F)F)cc1F. The summed E-state index contributed by atoms with van der Waals surface area (Å²) in [5.41, 5.74) is -1.46. The lowest BCUT2D eigenvalue weighted by Gasteiger charge is -2.08. The first-order chi connectivity index (χ1) is 7.59. The molecule has 0 aliphatic rings. The second-order valence-corrected chi connectivity index (χ2v) is 4.78. The second kappa shape index (κ2) is 4.59. The number of hydrogen-bond acceptors (Lipinski definition) is 2. The highest BCUT2D eigenvalue weighted by Crippen LogP contribution is 2.30. The Balaban J connectivity index is 2.91. The van der Waals surface area contributed by atoms with Gasteiger partial charge in [-0.1, -0.05) is 6.07 Å². The van der Waals surface area contributed by atoms with Crippen LogP contribution in [-0.2, 0) is 22.8 Å². The van der Waals surface area contributed by atoms with Gasteiger partial charge in [-0.2, -0.15) is 21.6 Å². The molecule has 1 aromatic carbocycles. The van der Waals surface area contributed by atoms with Crippen LogP contribution in [0.15, 0.2) is 18.2 Å². The number of alkyl halides is 3. The normalized spacial score (nSPS) is 12.8. The first-order valence-electron chi connectivity index (χ1n) is 4.37. The molecule has 0 saturated heterocycles. The molecular formula is C9H7F5O2S. The third-order valence-corrected chi connectivity index (χ3v) is 2.69. The summed E-state index contributed by atoms with van der Waals surface area (Å²) in [6.45, 7) is 0. The van der Waals surface area contributed by atoms with Crippen molar-refractivity contribution in [2.24, 2.45) is 0 Å². The van der Waals surface area contributed by atoms with E-state index in [-0.39, 0.29) is 11.6 Å². The van der Waals surface area contributed by atoms with E-state index >= 15 is 0 Å². The van der Waals surface area contributed by atoms with Crippen molar-refractivity contribution in [2.45, 2.75) is 12.6 Å². The van der Waals surface area contributed by atoms with Gasteiger partial charge in [0.05, 0.1) is 11.3 Å². The Morgan fingerprint density at radius 3 is 2.18 bits per heavy atom. The van der Waals surface area contributed by atoms with Crippen LogP contribution in [-0.4, -0.2) is 14.2 Å². The van der Waals surface area contributed by atoms with Crippen molar-refractivity contribution in [3.8, 4) is 0 Å². The maximum absolute atomic E-state index is 13.1. The number of halogens is 5. The van der Waals surface area contributed by atoms with Crippen LogP contribution in [0.3, 0.4) is 0 Å². The van der Waals surface area contributed by atoms with E-state index in [2.05, 4.69) is 0 Å². The number of rotatable bonds is 3. The van der Waals surface area contributed by atoms with Crippen molar-refractivity contribution in [3.63, 3.8) is 0 Å². The zero-order valence-electron chi connectivity index (χ0n) is 8.26. The molecule has 0 aliphatic heterocycles. The minimum Gasteiger partial charge on any atom is -0.207 e. The van der Waals surface area contributed by atoms with Crippen molar-refractivity contribution >= 4 is 10.2 Å². The minimum absolute atomic E-state index is 0.250. The van der Waals surface area contributed by atoms with Gasteiger partial charge in [0.2, 0.25) is 0 Å². The fourth-order valence-corrected chi connectivity index (χ4v) is 1.62. The Labute approximate surface area is 94.3 Å². The molecule has 2 nitrogen and oxygen atoms in total. The van der Waals surface area contributed by atoms with E-state index < -0.39 is 40.0 Å². The van der Waals surface area contributed by atoms with E-state index in [1.54, 1.807) is 0 Å². The van der Waals surface area contributed by atoms with Gasteiger partial charge in [0.1, 0.15) is 5.82 Å². The molecule has 0 fully saturated rings. The fourth-order valence-electron chi connectivity index (χ4n) is 1.16. The van der Waals surface area contributed by atoms with Crippen molar-refractivity contribution in [1.82, 2.24) is 0 Å². The van der Waals surface area contributed by atoms with Gasteiger partial charge < -0.3 is 0 Å². The number of hydrogen-bond donors (Lipinski definition) is 0. The van der Waals surface area contributed by atoms with Gasteiger partial charge in [0.15, 0.2) is 0 Å². The molecule has 1 rings (SSSR count). The van der Waals surface area contributed by atoms with Gasteiger partial charge in [0.25, 0.3) is 0 Å². The molecular weight excluding hydrogens is 267 g/mol. The second-order valence-electron chi connectivity index (χ2n) is 3.30. The summed E-state index contributed by atoms with van der Waals surface area (Å²) in [6, 6.07) is 1.66. The topological polar surface area (TPSA) is 34.1 Å². The van der Waals surface area contributed by atoms with Gasteiger partial charge in [-0.25, -0.2) is 4.39 Å². The summed E-state index contributed by atoms with van der Waals surface area (Å²) < 4.78 is 82.1. The lowest BCUT2D eigenvalue weighted by Crippen LogP contribution is -2.08. The van der Waals surface area contributed by atoms with Crippen LogP contribution >= 0.6 is 0 Å². The summed E-state index contributed by atoms with van der Waals surface area (Å²) in [6.07, 6.45) is -5.19. The van der Waals surface area contributed by atoms with E-state index in [9.17, 15) is 29.9 Å². The van der Waals surface area contributed by atoms with Crippen molar-refractivity contribution in [2.75, 3.05) is 5.75 Å². The lowest BCUT2D eigenvalue weighted by molar-refractivity contribution is -0.137. The highest BCUT2D eigenvalue weighted by atomic mass is 32.3. The molecule has 0 N–H and O–H groups in total. The third-order valence-electron chi connectivity index (χ3n) is 2.00. The molecule has 0 unspecified atom stereocenters. The molecule has 0 aromatic heterocycles. The molecule has 0 spiro atoms. The van der Waals surface area contributed by atoms with Crippen LogP contribution < -0.4 is 0 Å². The summed E-state index contributed by atoms with van der Waals surface area (Å²) in [7, 11) is -4.77. The van der Waals surface area contributed by atoms with Crippen LogP contribution in [0.25, 0.3) is 0 Å². The Morgan fingerprint density at radius 1 is 1.18 bits per heavy atom. The highest BCUT2D eigenvalue weighted by molar-refractivity contribution is 7.86. The summed E-state index contributed by atoms with van der Waals surface area (Å²) in [5.74, 6) is -2.17. The molecule has 17 heavy (non-hydrogen) atoms. The number of aryl methyl sites for hydroxylation is 1. The van der Waals surface area contributed by atoms with E-state index in [0.717, 1.165) is 6.07 Å². The zero-order valence-corrected chi connectivity index (χ0v) is 9.08. The van der Waals surface area contributed by atoms with Crippen molar-refractivity contribution < 1.29 is 29.9 Å². The third kappa shape index (κ3) is 4.29. The summed E-state index contributed by atoms with van der Waals surface area (Å²) in [4.78, 5) is 0. The smallest absolute Gasteiger partial charge is 0.207 e. The monoisotopic (exact) mass is 274 g/mol. The maximum atomic E-state index is 13.1. The minimum atomic E-state index is -4.77. The molecule has 96 valence electrons. The van der Waals surface area contributed by atoms with E-state index in [1.165, 1.54) is 0 Å². The van der Waals surface area contributed by atoms with Crippen LogP contribution in [0, 0.1) is 5.82 Å². The van der Waals surface area contributed by atoms with Gasteiger partial charge >= 0.3 is 16.4 Å². The standard InChI is InChI=1S/C9H7F5O2S/c10-8-5-7(9(11,12)13)2-1-6(8)3-4-17(14,15)16/h1-2,5H,3-4H2. The molecule has 1 aromatic rings. The van der Waals surface area contributed by atoms with Crippen LogP contribution in [0.4, 0.5) is 21.4 Å². The lowest BCUT2D eigenvalue weighted by atomic mass is 10.1. The van der Waals surface area contributed by atoms with Crippen molar-refractivity contribution in [1.29, 1.82) is 0 Å². The van der Waals surface area contributed by atoms with Crippen LogP contribution in [0.1, 0.15) is 11.1 Å². The first kappa shape index (κ1) is 13.9. The Hall–Kier alpha value is -1.18. The maximum Gasteiger partial charge on any atom is 0.416 e.